The zero-order valence-corrected chi connectivity index (χ0v) is 15.5. The van der Waals surface area contributed by atoms with Crippen LogP contribution < -0.4 is 4.74 Å². The first-order valence-corrected chi connectivity index (χ1v) is 8.29. The second-order valence-electron chi connectivity index (χ2n) is 4.30. The Morgan fingerprint density at radius 1 is 1.14 bits per heavy atom. The van der Waals surface area contributed by atoms with Gasteiger partial charge in [-0.1, -0.05) is 0 Å². The molecule has 0 aliphatic heterocycles. The highest BCUT2D eigenvalue weighted by Gasteiger charge is 2.20. The molecule has 3 rings (SSSR count). The van der Waals surface area contributed by atoms with Crippen molar-refractivity contribution in [3.8, 4) is 17.2 Å². The Morgan fingerprint density at radius 3 is 2.43 bits per heavy atom. The SMILES string of the molecule is COc1ccc(-n2c(Br)c(Br)c3c(O)cnc(Br)c32)cc1. The van der Waals surface area contributed by atoms with Crippen molar-refractivity contribution < 1.29 is 9.84 Å². The van der Waals surface area contributed by atoms with Gasteiger partial charge in [-0.25, -0.2) is 4.98 Å². The van der Waals surface area contributed by atoms with E-state index in [2.05, 4.69) is 52.8 Å². The summed E-state index contributed by atoms with van der Waals surface area (Å²) in [5, 5.41) is 10.8. The summed E-state index contributed by atoms with van der Waals surface area (Å²) in [5.41, 5.74) is 1.70. The van der Waals surface area contributed by atoms with Crippen LogP contribution in [0.15, 0.2) is 44.1 Å². The van der Waals surface area contributed by atoms with Crippen molar-refractivity contribution in [3.63, 3.8) is 0 Å². The van der Waals surface area contributed by atoms with Gasteiger partial charge in [0.1, 0.15) is 20.7 Å². The molecule has 108 valence electrons. The summed E-state index contributed by atoms with van der Waals surface area (Å²) in [6.45, 7) is 0. The lowest BCUT2D eigenvalue weighted by molar-refractivity contribution is 0.415. The van der Waals surface area contributed by atoms with Crippen LogP contribution >= 0.6 is 47.8 Å². The molecule has 0 unspecified atom stereocenters. The average Bonchev–Trinajstić information content (AvgIpc) is 2.77. The molecule has 1 N–H and O–H groups in total. The molecule has 0 fully saturated rings. The van der Waals surface area contributed by atoms with Crippen molar-refractivity contribution in [2.24, 2.45) is 0 Å². The zero-order valence-electron chi connectivity index (χ0n) is 10.8. The van der Waals surface area contributed by atoms with E-state index in [4.69, 9.17) is 4.74 Å². The first kappa shape index (κ1) is 14.9. The fourth-order valence-electron chi connectivity index (χ4n) is 2.16. The predicted molar refractivity (Wildman–Crippen MR) is 92.4 cm³/mol. The van der Waals surface area contributed by atoms with Crippen molar-refractivity contribution in [1.29, 1.82) is 0 Å². The first-order valence-electron chi connectivity index (χ1n) is 5.92. The quantitative estimate of drug-likeness (QED) is 0.528. The van der Waals surface area contributed by atoms with Gasteiger partial charge in [-0.05, 0) is 72.1 Å². The lowest BCUT2D eigenvalue weighted by Gasteiger charge is -2.09. The number of fused-ring (bicyclic) bond motifs is 1. The van der Waals surface area contributed by atoms with Crippen LogP contribution in [-0.4, -0.2) is 21.8 Å². The van der Waals surface area contributed by atoms with Crippen LogP contribution in [0.25, 0.3) is 16.6 Å². The van der Waals surface area contributed by atoms with E-state index >= 15 is 0 Å². The average molecular weight is 477 g/mol. The van der Waals surface area contributed by atoms with Gasteiger partial charge >= 0.3 is 0 Å². The van der Waals surface area contributed by atoms with Crippen LogP contribution in [0.5, 0.6) is 11.5 Å². The first-order chi connectivity index (χ1) is 10.0. The van der Waals surface area contributed by atoms with Gasteiger partial charge in [-0.3, -0.25) is 0 Å². The molecule has 2 heterocycles. The maximum absolute atomic E-state index is 10.1. The summed E-state index contributed by atoms with van der Waals surface area (Å²) < 4.78 is 9.35. The maximum Gasteiger partial charge on any atom is 0.144 e. The second-order valence-corrected chi connectivity index (χ2v) is 6.59. The molecule has 3 aromatic rings. The number of ether oxygens (including phenoxy) is 1. The number of aromatic hydroxyl groups is 1. The summed E-state index contributed by atoms with van der Waals surface area (Å²) in [5.74, 6) is 0.901. The minimum absolute atomic E-state index is 0.119. The third-order valence-electron chi connectivity index (χ3n) is 3.14. The van der Waals surface area contributed by atoms with Gasteiger partial charge in [0.15, 0.2) is 0 Å². The van der Waals surface area contributed by atoms with Gasteiger partial charge < -0.3 is 14.4 Å². The third kappa shape index (κ3) is 2.37. The highest BCUT2D eigenvalue weighted by Crippen LogP contribution is 2.43. The molecule has 0 saturated heterocycles. The van der Waals surface area contributed by atoms with Gasteiger partial charge in [-0.15, -0.1) is 0 Å². The number of benzene rings is 1. The van der Waals surface area contributed by atoms with Gasteiger partial charge in [0.25, 0.3) is 0 Å². The van der Waals surface area contributed by atoms with Crippen LogP contribution in [0.4, 0.5) is 0 Å². The van der Waals surface area contributed by atoms with Crippen molar-refractivity contribution >= 4 is 58.7 Å². The van der Waals surface area contributed by atoms with Crippen LogP contribution in [0.1, 0.15) is 0 Å². The lowest BCUT2D eigenvalue weighted by atomic mass is 10.3. The van der Waals surface area contributed by atoms with Crippen molar-refractivity contribution in [2.75, 3.05) is 7.11 Å². The van der Waals surface area contributed by atoms with E-state index in [1.807, 2.05) is 28.8 Å². The van der Waals surface area contributed by atoms with Gasteiger partial charge in [0.05, 0.1) is 28.7 Å². The molecule has 0 radical (unpaired) electrons. The highest BCUT2D eigenvalue weighted by atomic mass is 79.9. The van der Waals surface area contributed by atoms with E-state index in [0.29, 0.717) is 9.99 Å². The molecule has 0 amide bonds. The Morgan fingerprint density at radius 2 is 1.81 bits per heavy atom. The van der Waals surface area contributed by atoms with E-state index in [1.54, 1.807) is 7.11 Å². The van der Waals surface area contributed by atoms with Gasteiger partial charge in [0, 0.05) is 5.69 Å². The summed E-state index contributed by atoms with van der Waals surface area (Å²) in [7, 11) is 1.63. The number of nitrogens with zero attached hydrogens (tertiary/aromatic N) is 2. The van der Waals surface area contributed by atoms with E-state index in [1.165, 1.54) is 6.20 Å². The van der Waals surface area contributed by atoms with E-state index < -0.39 is 0 Å². The van der Waals surface area contributed by atoms with Crippen LogP contribution in [0.3, 0.4) is 0 Å². The molecule has 0 aliphatic carbocycles. The minimum Gasteiger partial charge on any atom is -0.506 e. The van der Waals surface area contributed by atoms with E-state index in [0.717, 1.165) is 26.0 Å². The zero-order chi connectivity index (χ0) is 15.1. The summed E-state index contributed by atoms with van der Waals surface area (Å²) >= 11 is 10.5. The number of aromatic nitrogens is 2. The Balaban J connectivity index is 2.36. The molecule has 7 heteroatoms. The summed E-state index contributed by atoms with van der Waals surface area (Å²) in [6, 6.07) is 7.63. The van der Waals surface area contributed by atoms with Crippen LogP contribution in [0.2, 0.25) is 0 Å². The lowest BCUT2D eigenvalue weighted by Crippen LogP contribution is -1.95. The van der Waals surface area contributed by atoms with Gasteiger partial charge in [0.2, 0.25) is 0 Å². The molecule has 0 atom stereocenters. The Kier molecular flexibility index (Phi) is 3.98. The topological polar surface area (TPSA) is 47.3 Å². The maximum atomic E-state index is 10.1. The minimum atomic E-state index is 0.119. The fraction of sp³-hybridized carbons (Fsp3) is 0.0714. The monoisotopic (exact) mass is 474 g/mol. The standard InChI is InChI=1S/C14H9Br3N2O2/c1-21-8-4-2-7(3-5-8)19-12-10(11(15)14(19)17)9(20)6-18-13(12)16/h2-6,20H,1H3. The van der Waals surface area contributed by atoms with Crippen molar-refractivity contribution in [2.45, 2.75) is 0 Å². The number of halogens is 3. The molecular formula is C14H9Br3N2O2. The molecule has 4 nitrogen and oxygen atoms in total. The van der Waals surface area contributed by atoms with Crippen molar-refractivity contribution in [3.05, 3.63) is 44.1 Å². The predicted octanol–water partition coefficient (Wildman–Crippen LogP) is 5.03. The summed E-state index contributed by atoms with van der Waals surface area (Å²) in [4.78, 5) is 4.16. The molecule has 2 aromatic heterocycles. The Labute approximate surface area is 146 Å². The highest BCUT2D eigenvalue weighted by molar-refractivity contribution is 9.13. The fourth-order valence-corrected chi connectivity index (χ4v) is 3.79. The normalized spacial score (nSPS) is 11.0. The van der Waals surface area contributed by atoms with Crippen molar-refractivity contribution in [1.82, 2.24) is 9.55 Å². The molecule has 0 bridgehead atoms. The molecule has 0 aliphatic rings. The number of hydrogen-bond donors (Lipinski definition) is 1. The Bertz CT molecular complexity index is 829. The molecular weight excluding hydrogens is 468 g/mol. The van der Waals surface area contributed by atoms with E-state index in [9.17, 15) is 5.11 Å². The largest absolute Gasteiger partial charge is 0.506 e. The molecule has 0 spiro atoms. The Hall–Kier alpha value is -1.05. The van der Waals surface area contributed by atoms with E-state index in [-0.39, 0.29) is 5.75 Å². The van der Waals surface area contributed by atoms with Gasteiger partial charge in [-0.2, -0.15) is 0 Å². The number of rotatable bonds is 2. The smallest absolute Gasteiger partial charge is 0.144 e. The number of methoxy groups -OCH3 is 1. The van der Waals surface area contributed by atoms with Crippen LogP contribution in [-0.2, 0) is 0 Å². The summed E-state index contributed by atoms with van der Waals surface area (Å²) in [6.07, 6.45) is 1.42. The third-order valence-corrected chi connectivity index (χ3v) is 5.78. The molecule has 0 saturated carbocycles. The second kappa shape index (κ2) is 5.62. The van der Waals surface area contributed by atoms with Crippen LogP contribution in [0, 0.1) is 0 Å². The number of pyridine rings is 1. The number of hydrogen-bond acceptors (Lipinski definition) is 3. The molecule has 21 heavy (non-hydrogen) atoms. The molecule has 1 aromatic carbocycles.